The molecule has 1 aromatic heterocycles. The van der Waals surface area contributed by atoms with E-state index >= 15 is 0 Å². The van der Waals surface area contributed by atoms with Crippen LogP contribution in [0.1, 0.15) is 22.2 Å². The molecule has 3 aromatic rings. The van der Waals surface area contributed by atoms with E-state index in [9.17, 15) is 4.79 Å². The highest BCUT2D eigenvalue weighted by Gasteiger charge is 2.16. The lowest BCUT2D eigenvalue weighted by molar-refractivity contribution is 0.103. The van der Waals surface area contributed by atoms with Crippen LogP contribution in [0, 0.1) is 0 Å². The summed E-state index contributed by atoms with van der Waals surface area (Å²) in [7, 11) is 0. The van der Waals surface area contributed by atoms with Gasteiger partial charge < -0.3 is 5.32 Å². The molecular formula is C18H16N2OS. The molecule has 0 unspecified atom stereocenters. The molecule has 3 rings (SSSR count). The highest BCUT2D eigenvalue weighted by Crippen LogP contribution is 2.26. The molecule has 0 saturated heterocycles. The van der Waals surface area contributed by atoms with Crippen LogP contribution >= 0.6 is 11.3 Å². The molecule has 0 atom stereocenters. The summed E-state index contributed by atoms with van der Waals surface area (Å²) in [4.78, 5) is 17.4. The Labute approximate surface area is 133 Å². The monoisotopic (exact) mass is 308 g/mol. The third-order valence-electron chi connectivity index (χ3n) is 3.44. The van der Waals surface area contributed by atoms with Crippen molar-refractivity contribution in [3.63, 3.8) is 0 Å². The number of anilines is 1. The second-order valence-corrected chi connectivity index (χ2v) is 5.76. The molecule has 110 valence electrons. The van der Waals surface area contributed by atoms with Crippen LogP contribution in [0.4, 0.5) is 5.69 Å². The van der Waals surface area contributed by atoms with E-state index in [0.29, 0.717) is 4.88 Å². The molecular weight excluding hydrogens is 292 g/mol. The lowest BCUT2D eigenvalue weighted by atomic mass is 10.1. The predicted octanol–water partition coefficient (Wildman–Crippen LogP) is 4.62. The maximum Gasteiger partial charge on any atom is 0.268 e. The summed E-state index contributed by atoms with van der Waals surface area (Å²) >= 11 is 1.36. The van der Waals surface area contributed by atoms with Crippen molar-refractivity contribution >= 4 is 22.9 Å². The number of thiazole rings is 1. The zero-order valence-electron chi connectivity index (χ0n) is 12.2. The molecule has 0 aliphatic rings. The number of hydrogen-bond donors (Lipinski definition) is 1. The molecule has 1 N–H and O–H groups in total. The van der Waals surface area contributed by atoms with Gasteiger partial charge in [-0.2, -0.15) is 0 Å². The minimum absolute atomic E-state index is 0.120. The number of aryl methyl sites for hydroxylation is 1. The van der Waals surface area contributed by atoms with Crippen LogP contribution in [0.5, 0.6) is 0 Å². The topological polar surface area (TPSA) is 42.0 Å². The quantitative estimate of drug-likeness (QED) is 0.764. The third-order valence-corrected chi connectivity index (χ3v) is 4.27. The van der Waals surface area contributed by atoms with Crippen LogP contribution in [0.2, 0.25) is 0 Å². The Morgan fingerprint density at radius 1 is 1.09 bits per heavy atom. The summed E-state index contributed by atoms with van der Waals surface area (Å²) in [6.07, 6.45) is 0.987. The lowest BCUT2D eigenvalue weighted by Crippen LogP contribution is -2.11. The van der Waals surface area contributed by atoms with Gasteiger partial charge >= 0.3 is 0 Å². The van der Waals surface area contributed by atoms with Gasteiger partial charge in [0, 0.05) is 11.3 Å². The molecule has 1 amide bonds. The molecule has 0 radical (unpaired) electrons. The molecule has 0 spiro atoms. The minimum atomic E-state index is -0.120. The second-order valence-electron chi connectivity index (χ2n) is 4.90. The molecule has 1 heterocycles. The molecule has 0 fully saturated rings. The fourth-order valence-corrected chi connectivity index (χ4v) is 2.92. The van der Waals surface area contributed by atoms with Crippen molar-refractivity contribution in [2.24, 2.45) is 0 Å². The number of aromatic nitrogens is 1. The van der Waals surface area contributed by atoms with Crippen molar-refractivity contribution in [2.75, 3.05) is 5.32 Å². The zero-order valence-corrected chi connectivity index (χ0v) is 13.1. The van der Waals surface area contributed by atoms with E-state index < -0.39 is 0 Å². The van der Waals surface area contributed by atoms with Crippen molar-refractivity contribution in [1.82, 2.24) is 4.98 Å². The van der Waals surface area contributed by atoms with Gasteiger partial charge in [-0.1, -0.05) is 49.4 Å². The predicted molar refractivity (Wildman–Crippen MR) is 91.3 cm³/mol. The normalized spacial score (nSPS) is 10.4. The maximum absolute atomic E-state index is 12.5. The summed E-state index contributed by atoms with van der Waals surface area (Å²) < 4.78 is 0. The number of amides is 1. The first-order valence-electron chi connectivity index (χ1n) is 7.17. The molecule has 2 aromatic carbocycles. The van der Waals surface area contributed by atoms with E-state index in [0.717, 1.165) is 23.4 Å². The SMILES string of the molecule is CCc1ccc(NC(=O)c2scnc2-c2ccccc2)cc1. The van der Waals surface area contributed by atoms with E-state index in [1.807, 2.05) is 54.6 Å². The average Bonchev–Trinajstić information content (AvgIpc) is 3.06. The van der Waals surface area contributed by atoms with Gasteiger partial charge in [-0.05, 0) is 24.1 Å². The van der Waals surface area contributed by atoms with Gasteiger partial charge in [0.1, 0.15) is 4.88 Å². The van der Waals surface area contributed by atoms with Crippen molar-refractivity contribution in [3.05, 3.63) is 70.5 Å². The van der Waals surface area contributed by atoms with Crippen molar-refractivity contribution < 1.29 is 4.79 Å². The van der Waals surface area contributed by atoms with Crippen LogP contribution in [-0.4, -0.2) is 10.9 Å². The van der Waals surface area contributed by atoms with Gasteiger partial charge in [-0.3, -0.25) is 4.79 Å². The molecule has 0 aliphatic carbocycles. The van der Waals surface area contributed by atoms with Crippen molar-refractivity contribution in [1.29, 1.82) is 0 Å². The van der Waals surface area contributed by atoms with E-state index in [1.165, 1.54) is 16.9 Å². The maximum atomic E-state index is 12.5. The van der Waals surface area contributed by atoms with E-state index in [4.69, 9.17) is 0 Å². The van der Waals surface area contributed by atoms with Crippen molar-refractivity contribution in [3.8, 4) is 11.3 Å². The number of nitrogens with one attached hydrogen (secondary N) is 1. The standard InChI is InChI=1S/C18H16N2OS/c1-2-13-8-10-15(11-9-13)20-18(21)17-16(19-12-22-17)14-6-4-3-5-7-14/h3-12H,2H2,1H3,(H,20,21). The number of benzene rings is 2. The van der Waals surface area contributed by atoms with E-state index in [-0.39, 0.29) is 5.91 Å². The smallest absolute Gasteiger partial charge is 0.268 e. The molecule has 4 heteroatoms. The fraction of sp³-hybridized carbons (Fsp3) is 0.111. The summed E-state index contributed by atoms with van der Waals surface area (Å²) in [6, 6.07) is 17.7. The summed E-state index contributed by atoms with van der Waals surface area (Å²) in [6.45, 7) is 2.11. The Balaban J connectivity index is 1.82. The first-order chi connectivity index (χ1) is 10.8. The second kappa shape index (κ2) is 6.54. The van der Waals surface area contributed by atoms with Crippen LogP contribution in [-0.2, 0) is 6.42 Å². The summed E-state index contributed by atoms with van der Waals surface area (Å²) in [5.41, 5.74) is 5.44. The Kier molecular flexibility index (Phi) is 4.30. The molecule has 3 nitrogen and oxygen atoms in total. The number of rotatable bonds is 4. The van der Waals surface area contributed by atoms with Crippen molar-refractivity contribution in [2.45, 2.75) is 13.3 Å². The largest absolute Gasteiger partial charge is 0.321 e. The van der Waals surface area contributed by atoms with Crippen LogP contribution < -0.4 is 5.32 Å². The fourth-order valence-electron chi connectivity index (χ4n) is 2.22. The van der Waals surface area contributed by atoms with Gasteiger partial charge in [-0.15, -0.1) is 11.3 Å². The first-order valence-corrected chi connectivity index (χ1v) is 8.05. The summed E-state index contributed by atoms with van der Waals surface area (Å²) in [5, 5.41) is 2.94. The Morgan fingerprint density at radius 2 is 1.82 bits per heavy atom. The van der Waals surface area contributed by atoms with Gasteiger partial charge in [0.15, 0.2) is 0 Å². The molecule has 0 aliphatic heterocycles. The van der Waals surface area contributed by atoms with Gasteiger partial charge in [-0.25, -0.2) is 4.98 Å². The Morgan fingerprint density at radius 3 is 2.50 bits per heavy atom. The van der Waals surface area contributed by atoms with Gasteiger partial charge in [0.25, 0.3) is 5.91 Å². The van der Waals surface area contributed by atoms with E-state index in [2.05, 4.69) is 17.2 Å². The number of nitrogens with zero attached hydrogens (tertiary/aromatic N) is 1. The van der Waals surface area contributed by atoms with E-state index in [1.54, 1.807) is 5.51 Å². The molecule has 0 saturated carbocycles. The van der Waals surface area contributed by atoms with Gasteiger partial charge in [0.05, 0.1) is 11.2 Å². The highest BCUT2D eigenvalue weighted by molar-refractivity contribution is 7.12. The number of carbonyl (C=O) groups is 1. The van der Waals surface area contributed by atoms with Gasteiger partial charge in [0.2, 0.25) is 0 Å². The first kappa shape index (κ1) is 14.5. The molecule has 0 bridgehead atoms. The average molecular weight is 308 g/mol. The third kappa shape index (κ3) is 3.07. The number of hydrogen-bond acceptors (Lipinski definition) is 3. The Bertz CT molecular complexity index is 763. The lowest BCUT2D eigenvalue weighted by Gasteiger charge is -2.06. The minimum Gasteiger partial charge on any atom is -0.321 e. The highest BCUT2D eigenvalue weighted by atomic mass is 32.1. The van der Waals surface area contributed by atoms with Crippen LogP contribution in [0.3, 0.4) is 0 Å². The van der Waals surface area contributed by atoms with Crippen LogP contribution in [0.15, 0.2) is 60.1 Å². The molecule has 22 heavy (non-hydrogen) atoms. The zero-order chi connectivity index (χ0) is 15.4. The van der Waals surface area contributed by atoms with Crippen LogP contribution in [0.25, 0.3) is 11.3 Å². The number of carbonyl (C=O) groups excluding carboxylic acids is 1. The summed E-state index contributed by atoms with van der Waals surface area (Å²) in [5.74, 6) is -0.120. The Hall–Kier alpha value is -2.46.